The van der Waals surface area contributed by atoms with Crippen molar-refractivity contribution in [1.82, 2.24) is 5.32 Å². The van der Waals surface area contributed by atoms with E-state index in [1.807, 2.05) is 54.6 Å². The zero-order valence-electron chi connectivity index (χ0n) is 20.4. The Kier molecular flexibility index (Phi) is 8.34. The Morgan fingerprint density at radius 2 is 1.81 bits per heavy atom. The summed E-state index contributed by atoms with van der Waals surface area (Å²) in [6.07, 6.45) is 1.66. The summed E-state index contributed by atoms with van der Waals surface area (Å²) >= 11 is 0. The molecular weight excluding hydrogens is 456 g/mol. The molecule has 1 N–H and O–H groups in total. The molecule has 0 unspecified atom stereocenters. The zero-order chi connectivity index (χ0) is 25.3. The van der Waals surface area contributed by atoms with Gasteiger partial charge in [0.15, 0.2) is 19.0 Å². The van der Waals surface area contributed by atoms with E-state index in [0.717, 1.165) is 17.5 Å². The number of rotatable bonds is 11. The fourth-order valence-electron chi connectivity index (χ4n) is 3.99. The Hall–Kier alpha value is -4.13. The molecule has 7 heteroatoms. The van der Waals surface area contributed by atoms with Crippen LogP contribution in [0.5, 0.6) is 11.5 Å². The van der Waals surface area contributed by atoms with Crippen molar-refractivity contribution >= 4 is 23.3 Å². The summed E-state index contributed by atoms with van der Waals surface area (Å²) in [5.41, 5.74) is 3.13. The molecule has 0 spiro atoms. The van der Waals surface area contributed by atoms with Crippen LogP contribution in [0, 0.1) is 0 Å². The van der Waals surface area contributed by atoms with E-state index < -0.39 is 0 Å². The number of amides is 2. The van der Waals surface area contributed by atoms with E-state index in [2.05, 4.69) is 12.2 Å². The third-order valence-corrected chi connectivity index (χ3v) is 6.02. The van der Waals surface area contributed by atoms with Gasteiger partial charge in [0.1, 0.15) is 11.5 Å². The van der Waals surface area contributed by atoms with Gasteiger partial charge < -0.3 is 19.7 Å². The highest BCUT2D eigenvalue weighted by Crippen LogP contribution is 2.33. The summed E-state index contributed by atoms with van der Waals surface area (Å²) < 4.78 is 11.3. The minimum absolute atomic E-state index is 0.0720. The van der Waals surface area contributed by atoms with Gasteiger partial charge in [-0.3, -0.25) is 14.4 Å². The van der Waals surface area contributed by atoms with E-state index in [1.54, 1.807) is 23.1 Å². The minimum atomic E-state index is -0.204. The number of nitrogens with zero attached hydrogens (tertiary/aromatic N) is 1. The summed E-state index contributed by atoms with van der Waals surface area (Å²) in [5.74, 6) is 0.706. The molecule has 0 aliphatic carbocycles. The van der Waals surface area contributed by atoms with Crippen LogP contribution in [0.15, 0.2) is 72.8 Å². The molecule has 4 rings (SSSR count). The summed E-state index contributed by atoms with van der Waals surface area (Å²) in [7, 11) is 0. The largest absolute Gasteiger partial charge is 0.485 e. The van der Waals surface area contributed by atoms with Crippen LogP contribution in [0.25, 0.3) is 0 Å². The van der Waals surface area contributed by atoms with Crippen LogP contribution in [-0.4, -0.2) is 37.4 Å². The maximum atomic E-state index is 12.8. The van der Waals surface area contributed by atoms with Crippen molar-refractivity contribution < 1.29 is 23.9 Å². The van der Waals surface area contributed by atoms with Crippen LogP contribution in [0.3, 0.4) is 0 Å². The maximum Gasteiger partial charge on any atom is 0.265 e. The molecule has 1 aliphatic rings. The first kappa shape index (κ1) is 25.0. The van der Waals surface area contributed by atoms with Crippen LogP contribution >= 0.6 is 0 Å². The number of carbonyl (C=O) groups excluding carboxylic acids is 3. The maximum absolute atomic E-state index is 12.8. The Balaban J connectivity index is 1.34. The second-order valence-electron chi connectivity index (χ2n) is 8.60. The Bertz CT molecular complexity index is 1230. The molecule has 1 aliphatic heterocycles. The highest BCUT2D eigenvalue weighted by atomic mass is 16.5. The number of ketones is 1. The van der Waals surface area contributed by atoms with Gasteiger partial charge in [0.05, 0.1) is 5.69 Å². The monoisotopic (exact) mass is 486 g/mol. The number of carbonyl (C=O) groups is 3. The van der Waals surface area contributed by atoms with Gasteiger partial charge in [0.2, 0.25) is 5.91 Å². The van der Waals surface area contributed by atoms with Gasteiger partial charge in [-0.05, 0) is 54.3 Å². The van der Waals surface area contributed by atoms with Gasteiger partial charge in [0.25, 0.3) is 5.91 Å². The van der Waals surface area contributed by atoms with E-state index in [4.69, 9.17) is 9.47 Å². The average Bonchev–Trinajstić information content (AvgIpc) is 2.92. The molecule has 0 saturated heterocycles. The molecule has 1 heterocycles. The van der Waals surface area contributed by atoms with E-state index >= 15 is 0 Å². The SMILES string of the molecule is CCc1cccc(OCC(=O)c2ccc3c(c2)N(CCCC(=O)NCc2ccccc2)C(=O)CO3)c1. The lowest BCUT2D eigenvalue weighted by Crippen LogP contribution is -2.40. The number of anilines is 1. The molecule has 0 saturated carbocycles. The van der Waals surface area contributed by atoms with E-state index in [0.29, 0.717) is 42.3 Å². The third-order valence-electron chi connectivity index (χ3n) is 6.02. The average molecular weight is 487 g/mol. The number of nitrogens with one attached hydrogen (secondary N) is 1. The van der Waals surface area contributed by atoms with Crippen molar-refractivity contribution in [2.45, 2.75) is 32.7 Å². The Morgan fingerprint density at radius 3 is 2.61 bits per heavy atom. The second kappa shape index (κ2) is 12.0. The summed E-state index contributed by atoms with van der Waals surface area (Å²) in [5, 5.41) is 2.90. The number of fused-ring (bicyclic) bond motifs is 1. The van der Waals surface area contributed by atoms with Crippen molar-refractivity contribution in [3.63, 3.8) is 0 Å². The predicted octanol–water partition coefficient (Wildman–Crippen LogP) is 4.33. The minimum Gasteiger partial charge on any atom is -0.485 e. The van der Waals surface area contributed by atoms with Crippen LogP contribution in [-0.2, 0) is 22.6 Å². The van der Waals surface area contributed by atoms with Gasteiger partial charge in [-0.15, -0.1) is 0 Å². The molecule has 3 aromatic rings. The molecule has 0 aromatic heterocycles. The van der Waals surface area contributed by atoms with E-state index in [9.17, 15) is 14.4 Å². The first-order valence-corrected chi connectivity index (χ1v) is 12.2. The molecule has 186 valence electrons. The molecule has 3 aromatic carbocycles. The third kappa shape index (κ3) is 6.50. The van der Waals surface area contributed by atoms with E-state index in [1.165, 1.54) is 0 Å². The van der Waals surface area contributed by atoms with Crippen molar-refractivity contribution in [2.24, 2.45) is 0 Å². The molecule has 2 amide bonds. The van der Waals surface area contributed by atoms with Gasteiger partial charge in [-0.25, -0.2) is 0 Å². The lowest BCUT2D eigenvalue weighted by Gasteiger charge is -2.29. The lowest BCUT2D eigenvalue weighted by atomic mass is 10.1. The molecule has 0 atom stereocenters. The topological polar surface area (TPSA) is 84.9 Å². The van der Waals surface area contributed by atoms with Crippen molar-refractivity contribution in [2.75, 3.05) is 24.7 Å². The zero-order valence-corrected chi connectivity index (χ0v) is 20.4. The Labute approximate surface area is 211 Å². The van der Waals surface area contributed by atoms with Gasteiger partial charge >= 0.3 is 0 Å². The highest BCUT2D eigenvalue weighted by molar-refractivity contribution is 6.02. The second-order valence-corrected chi connectivity index (χ2v) is 8.60. The fourth-order valence-corrected chi connectivity index (χ4v) is 3.99. The molecule has 0 radical (unpaired) electrons. The molecule has 7 nitrogen and oxygen atoms in total. The Morgan fingerprint density at radius 1 is 1.00 bits per heavy atom. The number of hydrogen-bond donors (Lipinski definition) is 1. The van der Waals surface area contributed by atoms with Crippen LogP contribution in [0.1, 0.15) is 41.3 Å². The number of hydrogen-bond acceptors (Lipinski definition) is 5. The van der Waals surface area contributed by atoms with Crippen molar-refractivity contribution in [1.29, 1.82) is 0 Å². The van der Waals surface area contributed by atoms with Gasteiger partial charge in [-0.1, -0.05) is 49.4 Å². The molecule has 0 bridgehead atoms. The van der Waals surface area contributed by atoms with E-state index in [-0.39, 0.29) is 37.2 Å². The summed E-state index contributed by atoms with van der Waals surface area (Å²) in [4.78, 5) is 39.3. The van der Waals surface area contributed by atoms with Crippen LogP contribution < -0.4 is 19.7 Å². The normalized spacial score (nSPS) is 12.5. The first-order chi connectivity index (χ1) is 17.5. The highest BCUT2D eigenvalue weighted by Gasteiger charge is 2.26. The molecular formula is C29H30N2O5. The van der Waals surface area contributed by atoms with Crippen LogP contribution in [0.4, 0.5) is 5.69 Å². The number of Topliss-reactive ketones (excluding diaryl/α,β-unsaturated/α-hetero) is 1. The number of benzene rings is 3. The molecule has 0 fully saturated rings. The van der Waals surface area contributed by atoms with Crippen LogP contribution in [0.2, 0.25) is 0 Å². The number of ether oxygens (including phenoxy) is 2. The number of aryl methyl sites for hydroxylation is 1. The quantitative estimate of drug-likeness (QED) is 0.408. The summed E-state index contributed by atoms with van der Waals surface area (Å²) in [6, 6.07) is 22.4. The standard InChI is InChI=1S/C29H30N2O5/c1-2-21-10-6-11-24(16-21)35-19-26(32)23-13-14-27-25(17-23)31(29(34)20-36-27)15-7-12-28(33)30-18-22-8-4-3-5-9-22/h3-6,8-11,13-14,16-17H,2,7,12,15,18-20H2,1H3,(H,30,33). The molecule has 36 heavy (non-hydrogen) atoms. The lowest BCUT2D eigenvalue weighted by molar-refractivity contribution is -0.123. The van der Waals surface area contributed by atoms with Crippen molar-refractivity contribution in [3.8, 4) is 11.5 Å². The van der Waals surface area contributed by atoms with Crippen molar-refractivity contribution in [3.05, 3.63) is 89.5 Å². The van der Waals surface area contributed by atoms with Gasteiger partial charge in [0, 0.05) is 25.1 Å². The van der Waals surface area contributed by atoms with Gasteiger partial charge in [-0.2, -0.15) is 0 Å². The fraction of sp³-hybridized carbons (Fsp3) is 0.276. The summed E-state index contributed by atoms with van der Waals surface area (Å²) in [6.45, 7) is 2.70. The smallest absolute Gasteiger partial charge is 0.265 e. The first-order valence-electron chi connectivity index (χ1n) is 12.2. The predicted molar refractivity (Wildman–Crippen MR) is 137 cm³/mol.